The Kier molecular flexibility index (Phi) is 5.31. The number of benzene rings is 1. The maximum atomic E-state index is 11.7. The van der Waals surface area contributed by atoms with Crippen LogP contribution in [0.15, 0.2) is 6.07 Å². The summed E-state index contributed by atoms with van der Waals surface area (Å²) in [6, 6.07) is 1.87. The zero-order valence-electron chi connectivity index (χ0n) is 14.0. The minimum atomic E-state index is 0.0857. The molecule has 0 atom stereocenters. The molecule has 0 saturated carbocycles. The summed E-state index contributed by atoms with van der Waals surface area (Å²) in [5.41, 5.74) is 1.61. The maximum absolute atomic E-state index is 11.7. The first-order valence-corrected chi connectivity index (χ1v) is 7.47. The second-order valence-electron chi connectivity index (χ2n) is 5.34. The molecule has 2 rings (SSSR count). The van der Waals surface area contributed by atoms with Crippen molar-refractivity contribution in [2.24, 2.45) is 0 Å². The predicted molar refractivity (Wildman–Crippen MR) is 83.9 cm³/mol. The van der Waals surface area contributed by atoms with Gasteiger partial charge >= 0.3 is 0 Å². The van der Waals surface area contributed by atoms with Crippen LogP contribution in [0.2, 0.25) is 0 Å². The molecular formula is C16H23N2O5+. The monoisotopic (exact) mass is 323 g/mol. The number of likely N-dealkylation sites (N-methyl/N-ethyl adjacent to an activating group) is 1. The Morgan fingerprint density at radius 1 is 1.52 bits per heavy atom. The van der Waals surface area contributed by atoms with Crippen LogP contribution in [0.5, 0.6) is 17.2 Å². The first-order chi connectivity index (χ1) is 11.0. The minimum Gasteiger partial charge on any atom is -0.492 e. The van der Waals surface area contributed by atoms with Crippen molar-refractivity contribution in [3.8, 4) is 17.2 Å². The van der Waals surface area contributed by atoms with Gasteiger partial charge in [-0.1, -0.05) is 6.92 Å². The van der Waals surface area contributed by atoms with Crippen LogP contribution >= 0.6 is 0 Å². The molecular weight excluding hydrogens is 300 g/mol. The lowest BCUT2D eigenvalue weighted by Gasteiger charge is -2.18. The molecule has 1 amide bonds. The molecule has 0 radical (unpaired) electrons. The van der Waals surface area contributed by atoms with E-state index < -0.39 is 0 Å². The van der Waals surface area contributed by atoms with Crippen molar-refractivity contribution < 1.29 is 29.0 Å². The highest BCUT2D eigenvalue weighted by Crippen LogP contribution is 2.44. The van der Waals surface area contributed by atoms with E-state index >= 15 is 0 Å². The fourth-order valence-electron chi connectivity index (χ4n) is 2.50. The molecule has 1 aliphatic heterocycles. The molecule has 126 valence electrons. The van der Waals surface area contributed by atoms with Gasteiger partial charge in [-0.15, -0.1) is 0 Å². The van der Waals surface area contributed by atoms with Crippen LogP contribution in [0.3, 0.4) is 0 Å². The van der Waals surface area contributed by atoms with Gasteiger partial charge in [0.05, 0.1) is 12.7 Å². The molecule has 0 aliphatic carbocycles. The van der Waals surface area contributed by atoms with Gasteiger partial charge in [-0.25, -0.2) is 0 Å². The summed E-state index contributed by atoms with van der Waals surface area (Å²) in [5.74, 6) is 1.74. The van der Waals surface area contributed by atoms with E-state index in [1.165, 1.54) is 7.05 Å². The van der Waals surface area contributed by atoms with Gasteiger partial charge in [-0.2, -0.15) is 0 Å². The first-order valence-electron chi connectivity index (χ1n) is 7.47. The van der Waals surface area contributed by atoms with Crippen LogP contribution in [0.1, 0.15) is 24.5 Å². The zero-order valence-corrected chi connectivity index (χ0v) is 14.0. The van der Waals surface area contributed by atoms with Gasteiger partial charge in [0, 0.05) is 20.0 Å². The predicted octanol–water partition coefficient (Wildman–Crippen LogP) is 1.29. The molecule has 7 nitrogen and oxygen atoms in total. The van der Waals surface area contributed by atoms with E-state index in [0.29, 0.717) is 42.2 Å². The Morgan fingerprint density at radius 2 is 2.26 bits per heavy atom. The molecule has 0 fully saturated rings. The van der Waals surface area contributed by atoms with Crippen molar-refractivity contribution in [1.82, 2.24) is 4.90 Å². The Morgan fingerprint density at radius 3 is 2.87 bits per heavy atom. The average Bonchev–Trinajstić information content (AvgIpc) is 2.99. The van der Waals surface area contributed by atoms with E-state index in [1.807, 2.05) is 13.0 Å². The standard InChI is InChI=1S/C16H23N2O5/c1-5-14(19)17(2)7-6-11-8-13-16(23-10-22-13)15(21-4)12(11)9-18(3)20/h8-9,20H,5-7,10H2,1-4H3/q+1/b18-9-. The van der Waals surface area contributed by atoms with Gasteiger partial charge in [0.25, 0.3) is 0 Å². The quantitative estimate of drug-likeness (QED) is 0.370. The van der Waals surface area contributed by atoms with Gasteiger partial charge in [-0.3, -0.25) is 10.0 Å². The zero-order chi connectivity index (χ0) is 17.0. The van der Waals surface area contributed by atoms with Crippen molar-refractivity contribution in [3.63, 3.8) is 0 Å². The number of amides is 1. The highest BCUT2D eigenvalue weighted by Gasteiger charge is 2.26. The van der Waals surface area contributed by atoms with E-state index in [1.54, 1.807) is 25.3 Å². The largest absolute Gasteiger partial charge is 0.492 e. The molecule has 0 aromatic heterocycles. The number of nitrogens with zero attached hydrogens (tertiary/aromatic N) is 2. The third kappa shape index (κ3) is 3.67. The second-order valence-corrected chi connectivity index (χ2v) is 5.34. The third-order valence-electron chi connectivity index (χ3n) is 3.71. The first kappa shape index (κ1) is 16.9. The van der Waals surface area contributed by atoms with Crippen LogP contribution in [-0.4, -0.2) is 61.5 Å². The van der Waals surface area contributed by atoms with E-state index in [-0.39, 0.29) is 12.7 Å². The summed E-state index contributed by atoms with van der Waals surface area (Å²) >= 11 is 0. The fraction of sp³-hybridized carbons (Fsp3) is 0.500. The molecule has 0 saturated heterocycles. The molecule has 0 spiro atoms. The highest BCUT2D eigenvalue weighted by molar-refractivity contribution is 5.86. The maximum Gasteiger partial charge on any atom is 0.231 e. The van der Waals surface area contributed by atoms with Crippen LogP contribution in [0.25, 0.3) is 0 Å². The number of hydrogen-bond donors (Lipinski definition) is 1. The molecule has 0 bridgehead atoms. The number of rotatable bonds is 6. The molecule has 1 N–H and O–H groups in total. The van der Waals surface area contributed by atoms with Crippen molar-refractivity contribution >= 4 is 12.1 Å². The van der Waals surface area contributed by atoms with Gasteiger partial charge in [0.15, 0.2) is 18.5 Å². The Bertz CT molecular complexity index is 623. The minimum absolute atomic E-state index is 0.0857. The summed E-state index contributed by atoms with van der Waals surface area (Å²) in [7, 11) is 4.83. The lowest BCUT2D eigenvalue weighted by molar-refractivity contribution is -0.751. The van der Waals surface area contributed by atoms with Crippen molar-refractivity contribution in [2.75, 3.05) is 34.5 Å². The van der Waals surface area contributed by atoms with Gasteiger partial charge in [0.2, 0.25) is 24.7 Å². The van der Waals surface area contributed by atoms with E-state index in [9.17, 15) is 10.0 Å². The second kappa shape index (κ2) is 7.21. The molecule has 7 heteroatoms. The normalized spacial score (nSPS) is 13.1. The third-order valence-corrected chi connectivity index (χ3v) is 3.71. The van der Waals surface area contributed by atoms with Gasteiger partial charge in [0.1, 0.15) is 0 Å². The molecule has 1 aliphatic rings. The summed E-state index contributed by atoms with van der Waals surface area (Å²) in [4.78, 5) is 13.4. The topological polar surface area (TPSA) is 71.2 Å². The SMILES string of the molecule is CCC(=O)N(C)CCc1cc2c(c(OC)c1/C=[N+](/C)O)OCO2. The number of carbonyl (C=O) groups is 1. The van der Waals surface area contributed by atoms with Crippen molar-refractivity contribution in [3.05, 3.63) is 17.2 Å². The van der Waals surface area contributed by atoms with Crippen molar-refractivity contribution in [1.29, 1.82) is 0 Å². The van der Waals surface area contributed by atoms with E-state index in [4.69, 9.17) is 14.2 Å². The number of fused-ring (bicyclic) bond motifs is 1. The number of carbonyl (C=O) groups excluding carboxylic acids is 1. The smallest absolute Gasteiger partial charge is 0.231 e. The van der Waals surface area contributed by atoms with E-state index in [2.05, 4.69) is 0 Å². The summed E-state index contributed by atoms with van der Waals surface area (Å²) in [5, 5.41) is 9.59. The van der Waals surface area contributed by atoms with Gasteiger partial charge in [-0.05, 0) is 22.8 Å². The van der Waals surface area contributed by atoms with Crippen LogP contribution in [0, 0.1) is 0 Å². The lowest BCUT2D eigenvalue weighted by Crippen LogP contribution is -2.28. The average molecular weight is 323 g/mol. The Hall–Kier alpha value is -2.44. The Balaban J connectivity index is 2.37. The Labute approximate surface area is 135 Å². The molecule has 1 heterocycles. The number of methoxy groups -OCH3 is 1. The van der Waals surface area contributed by atoms with E-state index in [0.717, 1.165) is 10.3 Å². The van der Waals surface area contributed by atoms with Crippen LogP contribution < -0.4 is 14.2 Å². The summed E-state index contributed by atoms with van der Waals surface area (Å²) in [6.45, 7) is 2.53. The highest BCUT2D eigenvalue weighted by atomic mass is 16.7. The van der Waals surface area contributed by atoms with Crippen LogP contribution in [-0.2, 0) is 11.2 Å². The molecule has 0 unspecified atom stereocenters. The van der Waals surface area contributed by atoms with Crippen LogP contribution in [0.4, 0.5) is 0 Å². The molecule has 1 aromatic rings. The number of hydroxylamine groups is 1. The summed E-state index contributed by atoms with van der Waals surface area (Å²) in [6.07, 6.45) is 2.63. The molecule has 1 aromatic carbocycles. The number of hydrogen-bond acceptors (Lipinski definition) is 5. The lowest BCUT2D eigenvalue weighted by atomic mass is 10.0. The van der Waals surface area contributed by atoms with Gasteiger partial charge < -0.3 is 19.1 Å². The summed E-state index contributed by atoms with van der Waals surface area (Å²) < 4.78 is 17.3. The number of ether oxygens (including phenoxy) is 3. The molecule has 23 heavy (non-hydrogen) atoms. The van der Waals surface area contributed by atoms with Crippen molar-refractivity contribution in [2.45, 2.75) is 19.8 Å². The fourth-order valence-corrected chi connectivity index (χ4v) is 2.50.